The van der Waals surface area contributed by atoms with Gasteiger partial charge in [0.2, 0.25) is 5.91 Å². The highest BCUT2D eigenvalue weighted by Gasteiger charge is 2.32. The van der Waals surface area contributed by atoms with Gasteiger partial charge < -0.3 is 4.42 Å². The minimum atomic E-state index is 0.0512. The number of hydrogen-bond acceptors (Lipinski definition) is 4. The van der Waals surface area contributed by atoms with Gasteiger partial charge in [0.05, 0.1) is 12.8 Å². The molecule has 0 fully saturated rings. The first-order chi connectivity index (χ1) is 8.25. The van der Waals surface area contributed by atoms with E-state index in [9.17, 15) is 4.79 Å². The number of aromatic nitrogens is 3. The highest BCUT2D eigenvalue weighted by atomic mass is 16.3. The summed E-state index contributed by atoms with van der Waals surface area (Å²) in [6.45, 7) is 2.38. The average molecular weight is 232 g/mol. The lowest BCUT2D eigenvalue weighted by Crippen LogP contribution is -2.35. The number of H-pyrrole nitrogens is 1. The number of carbonyl (C=O) groups excluding carboxylic acids is 1. The maximum atomic E-state index is 12.0. The SMILES string of the molecule is CC1CC(=O)N(Cc2ccco2)c2n[nH]nc21. The number of rotatable bonds is 2. The van der Waals surface area contributed by atoms with E-state index >= 15 is 0 Å². The lowest BCUT2D eigenvalue weighted by atomic mass is 9.99. The summed E-state index contributed by atoms with van der Waals surface area (Å²) in [5.74, 6) is 1.52. The Morgan fingerprint density at radius 3 is 3.24 bits per heavy atom. The van der Waals surface area contributed by atoms with Gasteiger partial charge in [0.15, 0.2) is 5.82 Å². The molecule has 1 atom stereocenters. The van der Waals surface area contributed by atoms with Crippen molar-refractivity contribution < 1.29 is 9.21 Å². The van der Waals surface area contributed by atoms with Crippen molar-refractivity contribution in [3.05, 3.63) is 29.9 Å². The van der Waals surface area contributed by atoms with Crippen molar-refractivity contribution in [3.8, 4) is 0 Å². The second-order valence-electron chi connectivity index (χ2n) is 4.20. The van der Waals surface area contributed by atoms with Gasteiger partial charge in [-0.15, -0.1) is 5.10 Å². The first-order valence-corrected chi connectivity index (χ1v) is 5.49. The summed E-state index contributed by atoms with van der Waals surface area (Å²) in [6, 6.07) is 3.64. The van der Waals surface area contributed by atoms with Gasteiger partial charge in [0, 0.05) is 12.3 Å². The second kappa shape index (κ2) is 3.73. The van der Waals surface area contributed by atoms with Gasteiger partial charge in [-0.3, -0.25) is 9.69 Å². The third-order valence-electron chi connectivity index (χ3n) is 2.95. The van der Waals surface area contributed by atoms with Crippen LogP contribution in [0.3, 0.4) is 0 Å². The highest BCUT2D eigenvalue weighted by Crippen LogP contribution is 2.32. The third kappa shape index (κ3) is 1.61. The first-order valence-electron chi connectivity index (χ1n) is 5.49. The molecule has 6 heteroatoms. The molecule has 2 aromatic heterocycles. The molecule has 3 heterocycles. The molecule has 0 aliphatic carbocycles. The smallest absolute Gasteiger partial charge is 0.229 e. The number of furan rings is 1. The van der Waals surface area contributed by atoms with E-state index in [-0.39, 0.29) is 11.8 Å². The molecular weight excluding hydrogens is 220 g/mol. The van der Waals surface area contributed by atoms with Crippen molar-refractivity contribution in [3.63, 3.8) is 0 Å². The number of nitrogens with one attached hydrogen (secondary N) is 1. The molecule has 1 unspecified atom stereocenters. The molecule has 1 N–H and O–H groups in total. The quantitative estimate of drug-likeness (QED) is 0.850. The average Bonchev–Trinajstić information content (AvgIpc) is 2.95. The predicted molar refractivity (Wildman–Crippen MR) is 59.3 cm³/mol. The van der Waals surface area contributed by atoms with Gasteiger partial charge in [-0.2, -0.15) is 10.3 Å². The van der Waals surface area contributed by atoms with Crippen molar-refractivity contribution in [2.75, 3.05) is 4.90 Å². The molecule has 0 radical (unpaired) electrons. The van der Waals surface area contributed by atoms with Gasteiger partial charge in [0.25, 0.3) is 0 Å². The van der Waals surface area contributed by atoms with Crippen LogP contribution in [0, 0.1) is 0 Å². The Morgan fingerprint density at radius 1 is 1.59 bits per heavy atom. The van der Waals surface area contributed by atoms with Crippen LogP contribution in [0.25, 0.3) is 0 Å². The van der Waals surface area contributed by atoms with Gasteiger partial charge in [-0.25, -0.2) is 0 Å². The second-order valence-corrected chi connectivity index (χ2v) is 4.20. The fourth-order valence-electron chi connectivity index (χ4n) is 2.07. The van der Waals surface area contributed by atoms with Crippen LogP contribution in [0.5, 0.6) is 0 Å². The molecule has 6 nitrogen and oxygen atoms in total. The van der Waals surface area contributed by atoms with E-state index in [0.29, 0.717) is 18.8 Å². The van der Waals surface area contributed by atoms with Crippen LogP contribution in [0.2, 0.25) is 0 Å². The first kappa shape index (κ1) is 10.1. The van der Waals surface area contributed by atoms with Gasteiger partial charge in [-0.1, -0.05) is 6.92 Å². The summed E-state index contributed by atoms with van der Waals surface area (Å²) in [5.41, 5.74) is 0.844. The highest BCUT2D eigenvalue weighted by molar-refractivity contribution is 5.95. The number of fused-ring (bicyclic) bond motifs is 1. The third-order valence-corrected chi connectivity index (χ3v) is 2.95. The molecule has 1 amide bonds. The largest absolute Gasteiger partial charge is 0.467 e. The normalized spacial score (nSPS) is 19.5. The summed E-state index contributed by atoms with van der Waals surface area (Å²) in [7, 11) is 0. The zero-order valence-corrected chi connectivity index (χ0v) is 9.38. The van der Waals surface area contributed by atoms with Crippen LogP contribution in [0.1, 0.15) is 30.7 Å². The van der Waals surface area contributed by atoms with Crippen molar-refractivity contribution in [2.45, 2.75) is 25.8 Å². The Hall–Kier alpha value is -2.11. The molecule has 0 bridgehead atoms. The molecule has 17 heavy (non-hydrogen) atoms. The standard InChI is InChI=1S/C11H12N4O2/c1-7-5-9(16)15(6-8-3-2-4-17-8)11-10(7)12-14-13-11/h2-4,7H,5-6H2,1H3,(H,12,13,14). The van der Waals surface area contributed by atoms with E-state index in [1.165, 1.54) is 0 Å². The molecular formula is C11H12N4O2. The lowest BCUT2D eigenvalue weighted by molar-refractivity contribution is -0.119. The van der Waals surface area contributed by atoms with Crippen LogP contribution in [0.4, 0.5) is 5.82 Å². The topological polar surface area (TPSA) is 75.0 Å². The fourth-order valence-corrected chi connectivity index (χ4v) is 2.07. The van der Waals surface area contributed by atoms with Gasteiger partial charge in [0.1, 0.15) is 11.5 Å². The molecule has 3 rings (SSSR count). The van der Waals surface area contributed by atoms with E-state index in [1.807, 2.05) is 13.0 Å². The monoisotopic (exact) mass is 232 g/mol. The number of nitrogens with zero attached hydrogens (tertiary/aromatic N) is 3. The Bertz CT molecular complexity index is 531. The molecule has 0 aromatic carbocycles. The fraction of sp³-hybridized carbons (Fsp3) is 0.364. The van der Waals surface area contributed by atoms with Crippen LogP contribution >= 0.6 is 0 Å². The van der Waals surface area contributed by atoms with Gasteiger partial charge >= 0.3 is 0 Å². The number of amides is 1. The number of aromatic amines is 1. The molecule has 0 spiro atoms. The zero-order valence-electron chi connectivity index (χ0n) is 9.38. The Kier molecular flexibility index (Phi) is 2.21. The molecule has 0 saturated carbocycles. The molecule has 1 aliphatic rings. The maximum Gasteiger partial charge on any atom is 0.229 e. The summed E-state index contributed by atoms with van der Waals surface area (Å²) in [4.78, 5) is 13.6. The predicted octanol–water partition coefficient (Wildman–Crippen LogP) is 1.44. The van der Waals surface area contributed by atoms with Crippen LogP contribution < -0.4 is 4.90 Å². The molecule has 88 valence electrons. The van der Waals surface area contributed by atoms with E-state index in [1.54, 1.807) is 17.2 Å². The summed E-state index contributed by atoms with van der Waals surface area (Å²) < 4.78 is 5.25. The van der Waals surface area contributed by atoms with Crippen LogP contribution in [0.15, 0.2) is 22.8 Å². The van der Waals surface area contributed by atoms with Crippen LogP contribution in [-0.4, -0.2) is 21.3 Å². The Morgan fingerprint density at radius 2 is 2.47 bits per heavy atom. The van der Waals surface area contributed by atoms with E-state index < -0.39 is 0 Å². The van der Waals surface area contributed by atoms with Crippen molar-refractivity contribution in [1.82, 2.24) is 15.4 Å². The van der Waals surface area contributed by atoms with Crippen molar-refractivity contribution in [2.24, 2.45) is 0 Å². The number of anilines is 1. The van der Waals surface area contributed by atoms with E-state index in [2.05, 4.69) is 15.4 Å². The Balaban J connectivity index is 1.94. The summed E-state index contributed by atoms with van der Waals surface area (Å²) in [5, 5.41) is 10.7. The molecule has 2 aromatic rings. The number of hydrogen-bond donors (Lipinski definition) is 1. The molecule has 0 saturated heterocycles. The van der Waals surface area contributed by atoms with Crippen molar-refractivity contribution in [1.29, 1.82) is 0 Å². The number of carbonyl (C=O) groups is 1. The maximum absolute atomic E-state index is 12.0. The molecule has 1 aliphatic heterocycles. The lowest BCUT2D eigenvalue weighted by Gasteiger charge is -2.26. The Labute approximate surface area is 97.6 Å². The summed E-state index contributed by atoms with van der Waals surface area (Å²) >= 11 is 0. The summed E-state index contributed by atoms with van der Waals surface area (Å²) in [6.07, 6.45) is 2.05. The van der Waals surface area contributed by atoms with E-state index in [0.717, 1.165) is 11.5 Å². The van der Waals surface area contributed by atoms with Crippen molar-refractivity contribution >= 4 is 11.7 Å². The van der Waals surface area contributed by atoms with Gasteiger partial charge in [-0.05, 0) is 12.1 Å². The van der Waals surface area contributed by atoms with Crippen LogP contribution in [-0.2, 0) is 11.3 Å². The zero-order chi connectivity index (χ0) is 11.8. The minimum Gasteiger partial charge on any atom is -0.467 e. The van der Waals surface area contributed by atoms with E-state index in [4.69, 9.17) is 4.42 Å². The minimum absolute atomic E-state index is 0.0512.